The molecule has 0 unspecified atom stereocenters. The summed E-state index contributed by atoms with van der Waals surface area (Å²) >= 11 is 1.27. The summed E-state index contributed by atoms with van der Waals surface area (Å²) in [6.07, 6.45) is 3.31. The fraction of sp³-hybridized carbons (Fsp3) is 0.385. The summed E-state index contributed by atoms with van der Waals surface area (Å²) in [6, 6.07) is 5.09. The molecule has 110 valence electrons. The molecule has 7 heteroatoms. The van der Waals surface area contributed by atoms with E-state index in [4.69, 9.17) is 4.42 Å². The topological polar surface area (TPSA) is 79.5 Å². The SMILES string of the molecule is CCc1ccc(S(=O)(=O)NCC[C@H](O)c2ccoc2)s1. The van der Waals surface area contributed by atoms with E-state index in [2.05, 4.69) is 4.72 Å². The van der Waals surface area contributed by atoms with Crippen LogP contribution in [0.4, 0.5) is 0 Å². The summed E-state index contributed by atoms with van der Waals surface area (Å²) in [5, 5.41) is 9.83. The number of aryl methyl sites for hydroxylation is 1. The Balaban J connectivity index is 1.89. The van der Waals surface area contributed by atoms with Crippen molar-refractivity contribution in [3.63, 3.8) is 0 Å². The Morgan fingerprint density at radius 3 is 2.80 bits per heavy atom. The van der Waals surface area contributed by atoms with Crippen LogP contribution in [0, 0.1) is 0 Å². The van der Waals surface area contributed by atoms with E-state index in [1.165, 1.54) is 23.9 Å². The van der Waals surface area contributed by atoms with Crippen molar-refractivity contribution in [1.29, 1.82) is 0 Å². The Morgan fingerprint density at radius 2 is 2.20 bits per heavy atom. The molecule has 1 atom stereocenters. The van der Waals surface area contributed by atoms with Crippen LogP contribution in [0.15, 0.2) is 39.4 Å². The second-order valence-electron chi connectivity index (χ2n) is 4.33. The maximum absolute atomic E-state index is 12.0. The van der Waals surface area contributed by atoms with Crippen molar-refractivity contribution in [2.75, 3.05) is 6.54 Å². The minimum atomic E-state index is -3.48. The normalized spacial score (nSPS) is 13.5. The molecule has 0 aliphatic rings. The number of sulfonamides is 1. The van der Waals surface area contributed by atoms with Crippen LogP contribution >= 0.6 is 11.3 Å². The van der Waals surface area contributed by atoms with E-state index in [0.29, 0.717) is 16.2 Å². The second-order valence-corrected chi connectivity index (χ2v) is 7.50. The lowest BCUT2D eigenvalue weighted by Gasteiger charge is -2.09. The lowest BCUT2D eigenvalue weighted by atomic mass is 10.1. The Labute approximate surface area is 122 Å². The van der Waals surface area contributed by atoms with Crippen molar-refractivity contribution in [2.45, 2.75) is 30.1 Å². The largest absolute Gasteiger partial charge is 0.472 e. The molecule has 20 heavy (non-hydrogen) atoms. The molecule has 2 aromatic rings. The number of nitrogens with one attached hydrogen (secondary N) is 1. The standard InChI is InChI=1S/C13H17NO4S2/c1-2-11-3-4-13(19-11)20(16,17)14-7-5-12(15)10-6-8-18-9-10/h3-4,6,8-9,12,14-15H,2,5,7H2,1H3/t12-/m0/s1. The number of aliphatic hydroxyl groups is 1. The van der Waals surface area contributed by atoms with Crippen LogP contribution in [0.1, 0.15) is 29.9 Å². The molecule has 2 heterocycles. The molecule has 2 rings (SSSR count). The predicted octanol–water partition coefficient (Wildman–Crippen LogP) is 2.31. The molecule has 0 radical (unpaired) electrons. The van der Waals surface area contributed by atoms with Gasteiger partial charge in [0, 0.05) is 17.0 Å². The summed E-state index contributed by atoms with van der Waals surface area (Å²) in [7, 11) is -3.48. The number of hydrogen-bond acceptors (Lipinski definition) is 5. The number of thiophene rings is 1. The summed E-state index contributed by atoms with van der Waals surface area (Å²) in [5.41, 5.74) is 0.647. The Hall–Kier alpha value is -1.15. The summed E-state index contributed by atoms with van der Waals surface area (Å²) in [5.74, 6) is 0. The van der Waals surface area contributed by atoms with Crippen molar-refractivity contribution in [3.05, 3.63) is 41.2 Å². The van der Waals surface area contributed by atoms with Crippen molar-refractivity contribution in [1.82, 2.24) is 4.72 Å². The van der Waals surface area contributed by atoms with Crippen LogP contribution in [0.2, 0.25) is 0 Å². The summed E-state index contributed by atoms with van der Waals surface area (Å²) in [4.78, 5) is 1.03. The zero-order valence-corrected chi connectivity index (χ0v) is 12.7. The van der Waals surface area contributed by atoms with Crippen LogP contribution in [0.3, 0.4) is 0 Å². The highest BCUT2D eigenvalue weighted by molar-refractivity contribution is 7.91. The number of aliphatic hydroxyl groups excluding tert-OH is 1. The van der Waals surface area contributed by atoms with E-state index in [-0.39, 0.29) is 6.54 Å². The molecule has 0 amide bonds. The number of hydrogen-bond donors (Lipinski definition) is 2. The van der Waals surface area contributed by atoms with Gasteiger partial charge in [-0.2, -0.15) is 0 Å². The molecule has 0 fully saturated rings. The molecule has 0 spiro atoms. The zero-order chi connectivity index (χ0) is 14.6. The van der Waals surface area contributed by atoms with Crippen LogP contribution in [0.25, 0.3) is 0 Å². The maximum atomic E-state index is 12.0. The van der Waals surface area contributed by atoms with Crippen LogP contribution < -0.4 is 4.72 Å². The van der Waals surface area contributed by atoms with Crippen molar-refractivity contribution in [3.8, 4) is 0 Å². The van der Waals surface area contributed by atoms with Gasteiger partial charge in [-0.1, -0.05) is 6.92 Å². The molecule has 2 aromatic heterocycles. The van der Waals surface area contributed by atoms with E-state index in [0.717, 1.165) is 11.3 Å². The second kappa shape index (κ2) is 6.53. The van der Waals surface area contributed by atoms with Gasteiger partial charge in [-0.25, -0.2) is 13.1 Å². The van der Waals surface area contributed by atoms with Gasteiger partial charge in [0.25, 0.3) is 0 Å². The van der Waals surface area contributed by atoms with E-state index in [1.807, 2.05) is 13.0 Å². The number of rotatable bonds is 7. The zero-order valence-electron chi connectivity index (χ0n) is 11.1. The van der Waals surface area contributed by atoms with Gasteiger partial charge in [-0.3, -0.25) is 0 Å². The Morgan fingerprint density at radius 1 is 1.40 bits per heavy atom. The van der Waals surface area contributed by atoms with Gasteiger partial charge in [-0.05, 0) is 31.0 Å². The molecule has 0 aliphatic carbocycles. The quantitative estimate of drug-likeness (QED) is 0.821. The van der Waals surface area contributed by atoms with Crippen LogP contribution in [-0.4, -0.2) is 20.1 Å². The van der Waals surface area contributed by atoms with Gasteiger partial charge in [0.2, 0.25) is 10.0 Å². The van der Waals surface area contributed by atoms with Gasteiger partial charge in [0.1, 0.15) is 4.21 Å². The lowest BCUT2D eigenvalue weighted by molar-refractivity contribution is 0.168. The number of furan rings is 1. The molecule has 0 aliphatic heterocycles. The fourth-order valence-electron chi connectivity index (χ4n) is 1.73. The average Bonchev–Trinajstić information content (AvgIpc) is 3.10. The summed E-state index contributed by atoms with van der Waals surface area (Å²) in [6.45, 7) is 2.16. The fourth-order valence-corrected chi connectivity index (χ4v) is 4.11. The third kappa shape index (κ3) is 3.69. The first-order chi connectivity index (χ1) is 9.53. The smallest absolute Gasteiger partial charge is 0.250 e. The van der Waals surface area contributed by atoms with Crippen molar-refractivity contribution < 1.29 is 17.9 Å². The maximum Gasteiger partial charge on any atom is 0.250 e. The summed E-state index contributed by atoms with van der Waals surface area (Å²) < 4.78 is 31.7. The first kappa shape index (κ1) is 15.2. The predicted molar refractivity (Wildman–Crippen MR) is 77.2 cm³/mol. The average molecular weight is 315 g/mol. The highest BCUT2D eigenvalue weighted by atomic mass is 32.2. The first-order valence-electron chi connectivity index (χ1n) is 6.31. The Kier molecular flexibility index (Phi) is 4.98. The monoisotopic (exact) mass is 315 g/mol. The van der Waals surface area contributed by atoms with E-state index in [9.17, 15) is 13.5 Å². The first-order valence-corrected chi connectivity index (χ1v) is 8.61. The lowest BCUT2D eigenvalue weighted by Crippen LogP contribution is -2.25. The molecular formula is C13H17NO4S2. The molecule has 0 bridgehead atoms. The van der Waals surface area contributed by atoms with E-state index < -0.39 is 16.1 Å². The van der Waals surface area contributed by atoms with Gasteiger partial charge in [-0.15, -0.1) is 11.3 Å². The van der Waals surface area contributed by atoms with E-state index in [1.54, 1.807) is 12.1 Å². The van der Waals surface area contributed by atoms with Gasteiger partial charge in [0.05, 0.1) is 18.6 Å². The van der Waals surface area contributed by atoms with Gasteiger partial charge in [0.15, 0.2) is 0 Å². The molecule has 0 saturated heterocycles. The highest BCUT2D eigenvalue weighted by Gasteiger charge is 2.17. The molecule has 2 N–H and O–H groups in total. The van der Waals surface area contributed by atoms with Gasteiger partial charge >= 0.3 is 0 Å². The highest BCUT2D eigenvalue weighted by Crippen LogP contribution is 2.22. The van der Waals surface area contributed by atoms with E-state index >= 15 is 0 Å². The third-order valence-electron chi connectivity index (χ3n) is 2.89. The third-order valence-corrected chi connectivity index (χ3v) is 6.07. The molecule has 0 saturated carbocycles. The van der Waals surface area contributed by atoms with Crippen molar-refractivity contribution in [2.24, 2.45) is 0 Å². The molecule has 0 aromatic carbocycles. The molecular weight excluding hydrogens is 298 g/mol. The Bertz CT molecular complexity index is 631. The van der Waals surface area contributed by atoms with Crippen molar-refractivity contribution >= 4 is 21.4 Å². The minimum absolute atomic E-state index is 0.175. The van der Waals surface area contributed by atoms with Crippen LogP contribution in [0.5, 0.6) is 0 Å². The molecule has 5 nitrogen and oxygen atoms in total. The van der Waals surface area contributed by atoms with Gasteiger partial charge < -0.3 is 9.52 Å². The minimum Gasteiger partial charge on any atom is -0.472 e. The van der Waals surface area contributed by atoms with Crippen LogP contribution in [-0.2, 0) is 16.4 Å².